The van der Waals surface area contributed by atoms with Gasteiger partial charge >= 0.3 is 0 Å². The van der Waals surface area contributed by atoms with Crippen LogP contribution in [0.1, 0.15) is 27.2 Å². The Balaban J connectivity index is 2.09. The lowest BCUT2D eigenvalue weighted by Crippen LogP contribution is -2.34. The fourth-order valence-electron chi connectivity index (χ4n) is 1.57. The van der Waals surface area contributed by atoms with E-state index >= 15 is 0 Å². The average Bonchev–Trinajstić information content (AvgIpc) is 2.77. The van der Waals surface area contributed by atoms with Gasteiger partial charge in [-0.15, -0.1) is 0 Å². The Morgan fingerprint density at radius 2 is 2.25 bits per heavy atom. The highest BCUT2D eigenvalue weighted by atomic mass is 16.5. The molecule has 16 heavy (non-hydrogen) atoms. The summed E-state index contributed by atoms with van der Waals surface area (Å²) in [6.07, 6.45) is 5.18. The Morgan fingerprint density at radius 3 is 2.88 bits per heavy atom. The van der Waals surface area contributed by atoms with Crippen molar-refractivity contribution in [3.05, 3.63) is 18.5 Å². The second kappa shape index (κ2) is 7.41. The van der Waals surface area contributed by atoms with Gasteiger partial charge in [-0.1, -0.05) is 0 Å². The predicted molar refractivity (Wildman–Crippen MR) is 65.4 cm³/mol. The summed E-state index contributed by atoms with van der Waals surface area (Å²) in [5, 5.41) is 7.64. The number of nitrogens with zero attached hydrogens (tertiary/aromatic N) is 2. The maximum atomic E-state index is 5.46. The summed E-state index contributed by atoms with van der Waals surface area (Å²) >= 11 is 0. The summed E-state index contributed by atoms with van der Waals surface area (Å²) in [5.74, 6) is 0. The molecule has 1 aromatic rings. The van der Waals surface area contributed by atoms with E-state index in [-0.39, 0.29) is 6.10 Å². The Labute approximate surface area is 98.0 Å². The van der Waals surface area contributed by atoms with Crippen molar-refractivity contribution in [1.29, 1.82) is 0 Å². The summed E-state index contributed by atoms with van der Waals surface area (Å²) in [5.41, 5.74) is 0. The molecule has 0 fully saturated rings. The molecule has 2 unspecified atom stereocenters. The Morgan fingerprint density at radius 1 is 1.44 bits per heavy atom. The number of aryl methyl sites for hydroxylation is 1. The molecule has 1 rings (SSSR count). The van der Waals surface area contributed by atoms with Gasteiger partial charge in [0.2, 0.25) is 0 Å². The summed E-state index contributed by atoms with van der Waals surface area (Å²) < 4.78 is 7.43. The van der Waals surface area contributed by atoms with Crippen LogP contribution < -0.4 is 5.32 Å². The second-order valence-electron chi connectivity index (χ2n) is 4.13. The number of hydrogen-bond donors (Lipinski definition) is 1. The van der Waals surface area contributed by atoms with Crippen LogP contribution >= 0.6 is 0 Å². The van der Waals surface area contributed by atoms with Gasteiger partial charge in [-0.3, -0.25) is 4.68 Å². The number of nitrogens with one attached hydrogen (secondary N) is 1. The lowest BCUT2D eigenvalue weighted by molar-refractivity contribution is 0.0740. The van der Waals surface area contributed by atoms with E-state index in [1.165, 1.54) is 0 Å². The standard InChI is InChI=1S/C12H23N3O/c1-4-16-12(3)10-13-11(2)6-9-15-8-5-7-14-15/h5,7-8,11-13H,4,6,9-10H2,1-3H3. The highest BCUT2D eigenvalue weighted by Crippen LogP contribution is 1.96. The first-order valence-corrected chi connectivity index (χ1v) is 6.04. The van der Waals surface area contributed by atoms with Crippen LogP contribution in [0.4, 0.5) is 0 Å². The zero-order valence-electron chi connectivity index (χ0n) is 10.5. The second-order valence-corrected chi connectivity index (χ2v) is 4.13. The number of rotatable bonds is 8. The van der Waals surface area contributed by atoms with E-state index in [0.717, 1.165) is 26.1 Å². The van der Waals surface area contributed by atoms with Crippen LogP contribution in [-0.2, 0) is 11.3 Å². The molecule has 0 saturated heterocycles. The van der Waals surface area contributed by atoms with E-state index in [1.54, 1.807) is 0 Å². The molecule has 1 heterocycles. The molecule has 1 aromatic heterocycles. The van der Waals surface area contributed by atoms with Gasteiger partial charge in [0.1, 0.15) is 0 Å². The number of hydrogen-bond acceptors (Lipinski definition) is 3. The predicted octanol–water partition coefficient (Wildman–Crippen LogP) is 1.68. The van der Waals surface area contributed by atoms with Crippen LogP contribution in [-0.4, -0.2) is 35.1 Å². The van der Waals surface area contributed by atoms with Crippen LogP contribution in [0.2, 0.25) is 0 Å². The molecule has 92 valence electrons. The molecule has 1 N–H and O–H groups in total. The van der Waals surface area contributed by atoms with E-state index in [2.05, 4.69) is 24.3 Å². The first kappa shape index (κ1) is 13.2. The summed E-state index contributed by atoms with van der Waals surface area (Å²) in [6.45, 7) is 8.97. The highest BCUT2D eigenvalue weighted by Gasteiger charge is 2.05. The van der Waals surface area contributed by atoms with Crippen LogP contribution in [0, 0.1) is 0 Å². The SMILES string of the molecule is CCOC(C)CNC(C)CCn1cccn1. The fourth-order valence-corrected chi connectivity index (χ4v) is 1.57. The monoisotopic (exact) mass is 225 g/mol. The molecular weight excluding hydrogens is 202 g/mol. The Hall–Kier alpha value is -0.870. The van der Waals surface area contributed by atoms with Crippen LogP contribution in [0.15, 0.2) is 18.5 Å². The lowest BCUT2D eigenvalue weighted by atomic mass is 10.2. The van der Waals surface area contributed by atoms with Crippen molar-refractivity contribution in [2.75, 3.05) is 13.2 Å². The minimum Gasteiger partial charge on any atom is -0.377 e. The first-order chi connectivity index (χ1) is 7.72. The third-order valence-electron chi connectivity index (χ3n) is 2.56. The van der Waals surface area contributed by atoms with Crippen LogP contribution in [0.3, 0.4) is 0 Å². The van der Waals surface area contributed by atoms with Crippen molar-refractivity contribution < 1.29 is 4.74 Å². The van der Waals surface area contributed by atoms with Crippen LogP contribution in [0.5, 0.6) is 0 Å². The van der Waals surface area contributed by atoms with Gasteiger partial charge in [-0.2, -0.15) is 5.10 Å². The van der Waals surface area contributed by atoms with E-state index in [4.69, 9.17) is 4.74 Å². The molecule has 0 aliphatic carbocycles. The van der Waals surface area contributed by atoms with Gasteiger partial charge in [0.15, 0.2) is 0 Å². The summed E-state index contributed by atoms with van der Waals surface area (Å²) in [7, 11) is 0. The molecule has 2 atom stereocenters. The first-order valence-electron chi connectivity index (χ1n) is 6.04. The molecule has 0 aliphatic heterocycles. The van der Waals surface area contributed by atoms with Gasteiger partial charge in [0, 0.05) is 38.1 Å². The minimum atomic E-state index is 0.289. The Kier molecular flexibility index (Phi) is 6.11. The van der Waals surface area contributed by atoms with Crippen molar-refractivity contribution in [1.82, 2.24) is 15.1 Å². The maximum absolute atomic E-state index is 5.46. The van der Waals surface area contributed by atoms with Crippen molar-refractivity contribution >= 4 is 0 Å². The molecule has 0 radical (unpaired) electrons. The third kappa shape index (κ3) is 5.28. The van der Waals surface area contributed by atoms with Gasteiger partial charge in [0.25, 0.3) is 0 Å². The van der Waals surface area contributed by atoms with Gasteiger partial charge in [-0.05, 0) is 33.3 Å². The van der Waals surface area contributed by atoms with Crippen molar-refractivity contribution in [3.63, 3.8) is 0 Å². The minimum absolute atomic E-state index is 0.289. The number of aromatic nitrogens is 2. The lowest BCUT2D eigenvalue weighted by Gasteiger charge is -2.17. The molecule has 0 bridgehead atoms. The smallest absolute Gasteiger partial charge is 0.0671 e. The Bertz CT molecular complexity index is 261. The molecule has 0 aromatic carbocycles. The largest absolute Gasteiger partial charge is 0.377 e. The molecule has 0 saturated carbocycles. The van der Waals surface area contributed by atoms with Gasteiger partial charge in [0.05, 0.1) is 6.10 Å². The quantitative estimate of drug-likeness (QED) is 0.731. The van der Waals surface area contributed by atoms with Gasteiger partial charge < -0.3 is 10.1 Å². The zero-order valence-corrected chi connectivity index (χ0v) is 10.5. The van der Waals surface area contributed by atoms with Crippen molar-refractivity contribution in [3.8, 4) is 0 Å². The molecule has 4 heteroatoms. The van der Waals surface area contributed by atoms with E-state index in [1.807, 2.05) is 30.1 Å². The summed E-state index contributed by atoms with van der Waals surface area (Å²) in [6, 6.07) is 2.45. The van der Waals surface area contributed by atoms with E-state index in [9.17, 15) is 0 Å². The highest BCUT2D eigenvalue weighted by molar-refractivity contribution is 4.78. The molecule has 0 aliphatic rings. The molecule has 0 amide bonds. The number of ether oxygens (including phenoxy) is 1. The molecule has 4 nitrogen and oxygen atoms in total. The van der Waals surface area contributed by atoms with Crippen molar-refractivity contribution in [2.45, 2.75) is 45.9 Å². The van der Waals surface area contributed by atoms with Crippen LogP contribution in [0.25, 0.3) is 0 Å². The van der Waals surface area contributed by atoms with Gasteiger partial charge in [-0.25, -0.2) is 0 Å². The fraction of sp³-hybridized carbons (Fsp3) is 0.750. The van der Waals surface area contributed by atoms with Crippen molar-refractivity contribution in [2.24, 2.45) is 0 Å². The topological polar surface area (TPSA) is 39.1 Å². The molecule has 0 spiro atoms. The zero-order chi connectivity index (χ0) is 11.8. The molecular formula is C12H23N3O. The normalized spacial score (nSPS) is 14.9. The average molecular weight is 225 g/mol. The summed E-state index contributed by atoms with van der Waals surface area (Å²) in [4.78, 5) is 0. The van der Waals surface area contributed by atoms with E-state index < -0.39 is 0 Å². The maximum Gasteiger partial charge on any atom is 0.0671 e. The third-order valence-corrected chi connectivity index (χ3v) is 2.56. The van der Waals surface area contributed by atoms with E-state index in [0.29, 0.717) is 6.04 Å².